The molecule has 2 aliphatic rings. The monoisotopic (exact) mass is 386 g/mol. The molecule has 1 N–H and O–H groups in total. The molecule has 28 heavy (non-hydrogen) atoms. The lowest BCUT2D eigenvalue weighted by atomic mass is 9.97. The van der Waals surface area contributed by atoms with E-state index in [-0.39, 0.29) is 5.56 Å². The molecule has 0 unspecified atom stereocenters. The molecular weight excluding hydrogens is 359 g/mol. The van der Waals surface area contributed by atoms with Gasteiger partial charge in [0.05, 0.1) is 11.4 Å². The Bertz CT molecular complexity index is 898. The maximum atomic E-state index is 14.0. The Balaban J connectivity index is 1.49. The molecule has 1 saturated heterocycles. The van der Waals surface area contributed by atoms with Crippen molar-refractivity contribution in [3.8, 4) is 5.75 Å². The van der Waals surface area contributed by atoms with Crippen LogP contribution in [0.5, 0.6) is 5.75 Å². The number of nitrogens with one attached hydrogen (secondary N) is 1. The Hall–Kier alpha value is -2.57. The average Bonchev–Trinajstić information content (AvgIpc) is 2.67. The Morgan fingerprint density at radius 3 is 2.50 bits per heavy atom. The molecule has 6 nitrogen and oxygen atoms in total. The first-order chi connectivity index (χ1) is 13.4. The van der Waals surface area contributed by atoms with Crippen LogP contribution in [0, 0.1) is 0 Å². The smallest absolute Gasteiger partial charge is 0.255 e. The molecule has 0 spiro atoms. The van der Waals surface area contributed by atoms with Crippen LogP contribution in [0.2, 0.25) is 0 Å². The standard InChI is InChI=1S/C21H27FN4O2/c1-21(2,22)28-18-10-6-5-9-17(18)25-11-13-26(14-12-25)20-23-16-8-4-3-7-15(16)19(27)24-20/h5-6,9-10H,3-4,7-8,11-14H2,1-2H3,(H,23,24,27). The average molecular weight is 386 g/mol. The molecule has 2 aromatic rings. The number of halogens is 1. The minimum atomic E-state index is -1.73. The van der Waals surface area contributed by atoms with E-state index in [2.05, 4.69) is 14.8 Å². The lowest BCUT2D eigenvalue weighted by Crippen LogP contribution is -2.48. The molecule has 0 amide bonds. The molecule has 7 heteroatoms. The number of piperazine rings is 1. The first-order valence-corrected chi connectivity index (χ1v) is 10.00. The van der Waals surface area contributed by atoms with Gasteiger partial charge >= 0.3 is 0 Å². The van der Waals surface area contributed by atoms with Crippen LogP contribution in [-0.2, 0) is 12.8 Å². The highest BCUT2D eigenvalue weighted by molar-refractivity contribution is 5.59. The second-order valence-electron chi connectivity index (χ2n) is 7.93. The van der Waals surface area contributed by atoms with Gasteiger partial charge in [-0.15, -0.1) is 0 Å². The largest absolute Gasteiger partial charge is 0.456 e. The normalized spacial score (nSPS) is 17.4. The summed E-state index contributed by atoms with van der Waals surface area (Å²) in [5, 5.41) is 0. The number of aromatic nitrogens is 2. The summed E-state index contributed by atoms with van der Waals surface area (Å²) >= 11 is 0. The number of nitrogens with zero attached hydrogens (tertiary/aromatic N) is 3. The van der Waals surface area contributed by atoms with Crippen LogP contribution in [0.25, 0.3) is 0 Å². The molecule has 2 heterocycles. The maximum Gasteiger partial charge on any atom is 0.255 e. The second-order valence-corrected chi connectivity index (χ2v) is 7.93. The van der Waals surface area contributed by atoms with Crippen LogP contribution >= 0.6 is 0 Å². The van der Waals surface area contributed by atoms with Crippen LogP contribution in [0.1, 0.15) is 37.9 Å². The summed E-state index contributed by atoms with van der Waals surface area (Å²) in [5.74, 6) is -0.520. The van der Waals surface area contributed by atoms with E-state index in [1.807, 2.05) is 18.2 Å². The number of hydrogen-bond donors (Lipinski definition) is 1. The lowest BCUT2D eigenvalue weighted by molar-refractivity contribution is -0.0253. The summed E-state index contributed by atoms with van der Waals surface area (Å²) < 4.78 is 19.5. The van der Waals surface area contributed by atoms with Crippen LogP contribution < -0.4 is 20.1 Å². The van der Waals surface area contributed by atoms with Crippen molar-refractivity contribution in [3.63, 3.8) is 0 Å². The van der Waals surface area contributed by atoms with Crippen molar-refractivity contribution in [1.82, 2.24) is 9.97 Å². The molecule has 1 fully saturated rings. The number of para-hydroxylation sites is 2. The topological polar surface area (TPSA) is 61.5 Å². The van der Waals surface area contributed by atoms with Gasteiger partial charge in [-0.25, -0.2) is 4.98 Å². The Morgan fingerprint density at radius 1 is 1.07 bits per heavy atom. The number of aryl methyl sites for hydroxylation is 1. The van der Waals surface area contributed by atoms with E-state index in [4.69, 9.17) is 9.72 Å². The van der Waals surface area contributed by atoms with Gasteiger partial charge in [0.15, 0.2) is 0 Å². The molecule has 0 atom stereocenters. The number of ether oxygens (including phenoxy) is 1. The number of anilines is 2. The maximum absolute atomic E-state index is 14.0. The summed E-state index contributed by atoms with van der Waals surface area (Å²) in [5.41, 5.74) is 2.70. The molecule has 0 radical (unpaired) electrons. The quantitative estimate of drug-likeness (QED) is 0.875. The predicted octanol–water partition coefficient (Wildman–Crippen LogP) is 3.06. The fourth-order valence-corrected chi connectivity index (χ4v) is 3.97. The SMILES string of the molecule is CC(C)(F)Oc1ccccc1N1CCN(c2nc3c(c(=O)[nH]2)CCCC3)CC1. The van der Waals surface area contributed by atoms with Crippen LogP contribution in [0.15, 0.2) is 29.1 Å². The van der Waals surface area contributed by atoms with Gasteiger partial charge in [-0.1, -0.05) is 12.1 Å². The van der Waals surface area contributed by atoms with Gasteiger partial charge in [-0.2, -0.15) is 4.39 Å². The minimum Gasteiger partial charge on any atom is -0.456 e. The van der Waals surface area contributed by atoms with E-state index in [1.165, 1.54) is 13.8 Å². The summed E-state index contributed by atoms with van der Waals surface area (Å²) in [6.45, 7) is 5.76. The van der Waals surface area contributed by atoms with E-state index < -0.39 is 5.85 Å². The summed E-state index contributed by atoms with van der Waals surface area (Å²) in [6.07, 6.45) is 3.87. The Labute approximate surface area is 164 Å². The third-order valence-corrected chi connectivity index (χ3v) is 5.32. The Morgan fingerprint density at radius 2 is 1.75 bits per heavy atom. The van der Waals surface area contributed by atoms with Crippen molar-refractivity contribution >= 4 is 11.6 Å². The first-order valence-electron chi connectivity index (χ1n) is 10.00. The number of rotatable bonds is 4. The van der Waals surface area contributed by atoms with Gasteiger partial charge in [0, 0.05) is 45.6 Å². The van der Waals surface area contributed by atoms with Crippen molar-refractivity contribution < 1.29 is 9.13 Å². The Kier molecular flexibility index (Phi) is 5.00. The molecule has 1 aromatic heterocycles. The van der Waals surface area contributed by atoms with Crippen LogP contribution in [0.4, 0.5) is 16.0 Å². The number of hydrogen-bond acceptors (Lipinski definition) is 5. The molecule has 150 valence electrons. The molecule has 0 bridgehead atoms. The van der Waals surface area contributed by atoms with Crippen LogP contribution in [0.3, 0.4) is 0 Å². The van der Waals surface area contributed by atoms with Crippen molar-refractivity contribution in [2.45, 2.75) is 45.4 Å². The van der Waals surface area contributed by atoms with Crippen molar-refractivity contribution in [1.29, 1.82) is 0 Å². The number of fused-ring (bicyclic) bond motifs is 1. The fourth-order valence-electron chi connectivity index (χ4n) is 3.97. The van der Waals surface area contributed by atoms with E-state index in [0.717, 1.165) is 68.8 Å². The zero-order chi connectivity index (χ0) is 19.7. The zero-order valence-corrected chi connectivity index (χ0v) is 16.5. The minimum absolute atomic E-state index is 0.00560. The van der Waals surface area contributed by atoms with Gasteiger partial charge in [-0.3, -0.25) is 9.78 Å². The van der Waals surface area contributed by atoms with Crippen LogP contribution in [-0.4, -0.2) is 42.0 Å². The number of aromatic amines is 1. The van der Waals surface area contributed by atoms with Gasteiger partial charge in [0.1, 0.15) is 5.75 Å². The van der Waals surface area contributed by atoms with Gasteiger partial charge in [0.2, 0.25) is 11.8 Å². The lowest BCUT2D eigenvalue weighted by Gasteiger charge is -2.37. The fraction of sp³-hybridized carbons (Fsp3) is 0.524. The van der Waals surface area contributed by atoms with Gasteiger partial charge in [-0.05, 0) is 37.8 Å². The summed E-state index contributed by atoms with van der Waals surface area (Å²) in [6, 6.07) is 7.53. The van der Waals surface area contributed by atoms with E-state index in [0.29, 0.717) is 11.7 Å². The highest BCUT2D eigenvalue weighted by Gasteiger charge is 2.25. The molecule has 4 rings (SSSR count). The van der Waals surface area contributed by atoms with Crippen molar-refractivity contribution in [2.75, 3.05) is 36.0 Å². The van der Waals surface area contributed by atoms with E-state index in [1.54, 1.807) is 6.07 Å². The van der Waals surface area contributed by atoms with Gasteiger partial charge < -0.3 is 14.5 Å². The molecule has 1 aliphatic carbocycles. The molecule has 1 aliphatic heterocycles. The number of H-pyrrole nitrogens is 1. The summed E-state index contributed by atoms with van der Waals surface area (Å²) in [7, 11) is 0. The van der Waals surface area contributed by atoms with Crippen molar-refractivity contribution in [3.05, 3.63) is 45.9 Å². The highest BCUT2D eigenvalue weighted by atomic mass is 19.2. The number of benzene rings is 1. The van der Waals surface area contributed by atoms with Gasteiger partial charge in [0.25, 0.3) is 5.56 Å². The first kappa shape index (κ1) is 18.8. The predicted molar refractivity (Wildman–Crippen MR) is 108 cm³/mol. The zero-order valence-electron chi connectivity index (χ0n) is 16.5. The second kappa shape index (κ2) is 7.45. The third-order valence-electron chi connectivity index (χ3n) is 5.32. The summed E-state index contributed by atoms with van der Waals surface area (Å²) in [4.78, 5) is 24.4. The number of alkyl halides is 1. The third kappa shape index (κ3) is 3.98. The van der Waals surface area contributed by atoms with Crippen molar-refractivity contribution in [2.24, 2.45) is 0 Å². The highest BCUT2D eigenvalue weighted by Crippen LogP contribution is 2.32. The molecule has 1 aromatic carbocycles. The molecule has 0 saturated carbocycles. The van der Waals surface area contributed by atoms with E-state index in [9.17, 15) is 9.18 Å². The van der Waals surface area contributed by atoms with E-state index >= 15 is 0 Å². The molecular formula is C21H27FN4O2.